The van der Waals surface area contributed by atoms with Gasteiger partial charge in [-0.2, -0.15) is 10.5 Å². The van der Waals surface area contributed by atoms with Crippen molar-refractivity contribution in [2.75, 3.05) is 29.3 Å². The maximum Gasteiger partial charge on any atom is 0.211 e. The average Bonchev–Trinajstić information content (AvgIpc) is 2.68. The quantitative estimate of drug-likeness (QED) is 0.258. The van der Waals surface area contributed by atoms with Gasteiger partial charge in [0.05, 0.1) is 12.3 Å². The standard InChI is InChI=1S/C18H17ClN8O/c19-6-1-7-28-11-4-2-10(3-5-11)15-13-14(22)12(8-20)16(23)26-17(13)27-18(25-15)24-9-21/h2-5,15H,1,6-7H2,(H6,22,23,24,25,26,27). The molecule has 1 aromatic carbocycles. The van der Waals surface area contributed by atoms with Crippen molar-refractivity contribution in [2.24, 2.45) is 4.99 Å². The molecule has 0 fully saturated rings. The molecule has 1 unspecified atom stereocenters. The summed E-state index contributed by atoms with van der Waals surface area (Å²) in [6.45, 7) is 0.523. The van der Waals surface area contributed by atoms with Crippen molar-refractivity contribution in [3.63, 3.8) is 0 Å². The molecule has 0 aliphatic carbocycles. The second-order valence-electron chi connectivity index (χ2n) is 5.86. The van der Waals surface area contributed by atoms with Crippen LogP contribution < -0.4 is 26.8 Å². The number of halogens is 1. The van der Waals surface area contributed by atoms with Gasteiger partial charge in [0.1, 0.15) is 35.1 Å². The molecule has 2 aromatic rings. The summed E-state index contributed by atoms with van der Waals surface area (Å²) in [6.07, 6.45) is 2.56. The van der Waals surface area contributed by atoms with Crippen LogP contribution in [0.15, 0.2) is 29.3 Å². The van der Waals surface area contributed by atoms with Crippen molar-refractivity contribution < 1.29 is 4.74 Å². The number of hydrogen-bond donors (Lipinski definition) is 4. The van der Waals surface area contributed by atoms with Crippen molar-refractivity contribution >= 4 is 34.9 Å². The number of hydrogen-bond acceptors (Lipinski definition) is 9. The highest BCUT2D eigenvalue weighted by atomic mass is 35.5. The van der Waals surface area contributed by atoms with Gasteiger partial charge in [0.15, 0.2) is 6.19 Å². The van der Waals surface area contributed by atoms with Crippen molar-refractivity contribution in [1.82, 2.24) is 10.3 Å². The van der Waals surface area contributed by atoms with E-state index in [1.807, 2.05) is 36.5 Å². The summed E-state index contributed by atoms with van der Waals surface area (Å²) in [7, 11) is 0. The molecular weight excluding hydrogens is 380 g/mol. The van der Waals surface area contributed by atoms with Crippen LogP contribution in [-0.2, 0) is 0 Å². The number of pyridine rings is 1. The summed E-state index contributed by atoms with van der Waals surface area (Å²) < 4.78 is 5.61. The molecule has 0 saturated carbocycles. The number of aliphatic imine (C=N–C) groups is 1. The number of nitrogen functional groups attached to an aromatic ring is 2. The van der Waals surface area contributed by atoms with E-state index in [2.05, 4.69) is 20.6 Å². The maximum atomic E-state index is 9.35. The predicted octanol–water partition coefficient (Wildman–Crippen LogP) is 2.07. The van der Waals surface area contributed by atoms with E-state index in [1.165, 1.54) is 0 Å². The zero-order valence-electron chi connectivity index (χ0n) is 14.7. The van der Waals surface area contributed by atoms with Crippen LogP contribution in [-0.4, -0.2) is 23.4 Å². The molecule has 1 aliphatic rings. The van der Waals surface area contributed by atoms with Crippen LogP contribution in [0.4, 0.5) is 17.3 Å². The Kier molecular flexibility index (Phi) is 5.68. The van der Waals surface area contributed by atoms with E-state index in [0.717, 1.165) is 12.0 Å². The Morgan fingerprint density at radius 2 is 2.00 bits per heavy atom. The molecular formula is C18H17ClN8O. The van der Waals surface area contributed by atoms with Crippen LogP contribution in [0.2, 0.25) is 0 Å². The van der Waals surface area contributed by atoms with E-state index in [-0.39, 0.29) is 23.0 Å². The lowest BCUT2D eigenvalue weighted by atomic mass is 9.95. The lowest BCUT2D eigenvalue weighted by Gasteiger charge is -2.26. The third-order valence-corrected chi connectivity index (χ3v) is 4.37. The number of aromatic nitrogens is 1. The van der Waals surface area contributed by atoms with E-state index >= 15 is 0 Å². The van der Waals surface area contributed by atoms with Crippen molar-refractivity contribution in [3.8, 4) is 18.0 Å². The Hall–Kier alpha value is -3.69. The van der Waals surface area contributed by atoms with E-state index in [0.29, 0.717) is 29.6 Å². The Morgan fingerprint density at radius 1 is 1.25 bits per heavy atom. The molecule has 0 radical (unpaired) electrons. The molecule has 28 heavy (non-hydrogen) atoms. The van der Waals surface area contributed by atoms with E-state index in [1.54, 1.807) is 0 Å². The van der Waals surface area contributed by atoms with Gasteiger partial charge in [0, 0.05) is 11.4 Å². The molecule has 10 heteroatoms. The molecule has 1 aliphatic heterocycles. The Bertz CT molecular complexity index is 991. The van der Waals surface area contributed by atoms with Crippen LogP contribution in [0.3, 0.4) is 0 Å². The number of nitriles is 2. The fourth-order valence-corrected chi connectivity index (χ4v) is 2.92. The minimum Gasteiger partial charge on any atom is -0.494 e. The topological polar surface area (TPSA) is 158 Å². The lowest BCUT2D eigenvalue weighted by molar-refractivity contribution is 0.318. The SMILES string of the molecule is N#CNC1=NC(c2ccc(OCCCCl)cc2)c2c(nc(N)c(C#N)c2N)N1. The molecule has 1 aromatic heterocycles. The molecule has 0 spiro atoms. The van der Waals surface area contributed by atoms with Gasteiger partial charge in [-0.15, -0.1) is 11.6 Å². The highest BCUT2D eigenvalue weighted by molar-refractivity contribution is 6.17. The molecule has 0 amide bonds. The fourth-order valence-electron chi connectivity index (χ4n) is 2.81. The number of anilines is 3. The van der Waals surface area contributed by atoms with E-state index < -0.39 is 6.04 Å². The monoisotopic (exact) mass is 396 g/mol. The van der Waals surface area contributed by atoms with Crippen LogP contribution in [0.5, 0.6) is 5.75 Å². The molecule has 0 bridgehead atoms. The predicted molar refractivity (Wildman–Crippen MR) is 107 cm³/mol. The van der Waals surface area contributed by atoms with Crippen LogP contribution in [0.1, 0.15) is 29.2 Å². The van der Waals surface area contributed by atoms with Gasteiger partial charge in [-0.25, -0.2) is 9.98 Å². The summed E-state index contributed by atoms with van der Waals surface area (Å²) in [5.74, 6) is 1.78. The molecule has 9 nitrogen and oxygen atoms in total. The summed E-state index contributed by atoms with van der Waals surface area (Å²) in [5.41, 5.74) is 13.6. The lowest BCUT2D eigenvalue weighted by Crippen LogP contribution is -2.32. The Morgan fingerprint density at radius 3 is 2.64 bits per heavy atom. The molecule has 6 N–H and O–H groups in total. The smallest absolute Gasteiger partial charge is 0.211 e. The fraction of sp³-hybridized carbons (Fsp3) is 0.222. The zero-order chi connectivity index (χ0) is 20.1. The van der Waals surface area contributed by atoms with Crippen molar-refractivity contribution in [2.45, 2.75) is 12.5 Å². The number of nitrogens with two attached hydrogens (primary N) is 2. The average molecular weight is 397 g/mol. The first-order valence-corrected chi connectivity index (χ1v) is 8.90. The summed E-state index contributed by atoms with van der Waals surface area (Å²) in [4.78, 5) is 8.72. The maximum absolute atomic E-state index is 9.35. The van der Waals surface area contributed by atoms with E-state index in [9.17, 15) is 5.26 Å². The number of benzene rings is 1. The summed E-state index contributed by atoms with van der Waals surface area (Å²) in [6, 6.07) is 8.69. The highest BCUT2D eigenvalue weighted by Gasteiger charge is 2.29. The second-order valence-corrected chi connectivity index (χ2v) is 6.24. The first-order chi connectivity index (χ1) is 13.6. The van der Waals surface area contributed by atoms with Gasteiger partial charge in [-0.3, -0.25) is 5.32 Å². The van der Waals surface area contributed by atoms with Gasteiger partial charge in [0.2, 0.25) is 5.96 Å². The number of guanidine groups is 1. The number of rotatable bonds is 5. The number of ether oxygens (including phenoxy) is 1. The van der Waals surface area contributed by atoms with Crippen LogP contribution in [0.25, 0.3) is 0 Å². The molecule has 2 heterocycles. The minimum absolute atomic E-state index is 0.00578. The molecule has 1 atom stereocenters. The number of fused-ring (bicyclic) bond motifs is 1. The molecule has 142 valence electrons. The minimum atomic E-state index is -0.579. The second kappa shape index (κ2) is 8.33. The summed E-state index contributed by atoms with van der Waals surface area (Å²) in [5, 5.41) is 23.6. The number of alkyl halides is 1. The zero-order valence-corrected chi connectivity index (χ0v) is 15.5. The van der Waals surface area contributed by atoms with Gasteiger partial charge in [-0.05, 0) is 24.1 Å². The highest BCUT2D eigenvalue weighted by Crippen LogP contribution is 2.40. The first kappa shape index (κ1) is 19.1. The van der Waals surface area contributed by atoms with Gasteiger partial charge in [-0.1, -0.05) is 12.1 Å². The van der Waals surface area contributed by atoms with E-state index in [4.69, 9.17) is 33.1 Å². The van der Waals surface area contributed by atoms with Gasteiger partial charge < -0.3 is 21.5 Å². The van der Waals surface area contributed by atoms with Crippen LogP contribution in [0, 0.1) is 22.8 Å². The van der Waals surface area contributed by atoms with Crippen molar-refractivity contribution in [1.29, 1.82) is 10.5 Å². The number of nitrogens with one attached hydrogen (secondary N) is 2. The first-order valence-electron chi connectivity index (χ1n) is 8.36. The Balaban J connectivity index is 2.02. The van der Waals surface area contributed by atoms with Crippen LogP contribution >= 0.6 is 11.6 Å². The summed E-state index contributed by atoms with van der Waals surface area (Å²) >= 11 is 5.65. The third-order valence-electron chi connectivity index (χ3n) is 4.10. The molecule has 3 rings (SSSR count). The third kappa shape index (κ3) is 3.70. The molecule has 0 saturated heterocycles. The van der Waals surface area contributed by atoms with Gasteiger partial charge in [0.25, 0.3) is 0 Å². The number of nitrogens with zero attached hydrogens (tertiary/aromatic N) is 4. The van der Waals surface area contributed by atoms with Crippen molar-refractivity contribution in [3.05, 3.63) is 41.0 Å². The largest absolute Gasteiger partial charge is 0.494 e. The Labute approximate surface area is 166 Å². The normalized spacial score (nSPS) is 14.7. The van der Waals surface area contributed by atoms with Gasteiger partial charge >= 0.3 is 0 Å².